The first-order chi connectivity index (χ1) is 13.3. The van der Waals surface area contributed by atoms with E-state index in [-0.39, 0.29) is 22.8 Å². The molecule has 0 atom stereocenters. The van der Waals surface area contributed by atoms with Crippen molar-refractivity contribution in [2.24, 2.45) is 10.6 Å². The van der Waals surface area contributed by atoms with Gasteiger partial charge in [0.05, 0.1) is 11.4 Å². The highest BCUT2D eigenvalue weighted by atomic mass is 32.1. The number of pyridine rings is 1. The van der Waals surface area contributed by atoms with E-state index in [1.807, 2.05) is 13.8 Å². The van der Waals surface area contributed by atoms with Gasteiger partial charge < -0.3 is 11.1 Å². The maximum absolute atomic E-state index is 12.7. The van der Waals surface area contributed by atoms with Gasteiger partial charge >= 0.3 is 0 Å². The molecule has 0 radical (unpaired) electrons. The Hall–Kier alpha value is -3.13. The molecule has 2 heterocycles. The minimum atomic E-state index is -0.364. The van der Waals surface area contributed by atoms with Crippen LogP contribution in [0.4, 0.5) is 17.1 Å². The fourth-order valence-corrected chi connectivity index (χ4v) is 4.45. The Morgan fingerprint density at radius 3 is 2.64 bits per heavy atom. The zero-order valence-corrected chi connectivity index (χ0v) is 16.2. The summed E-state index contributed by atoms with van der Waals surface area (Å²) in [7, 11) is 0. The van der Waals surface area contributed by atoms with Crippen LogP contribution in [0.5, 0.6) is 0 Å². The summed E-state index contributed by atoms with van der Waals surface area (Å²) >= 11 is 1.21. The second kappa shape index (κ2) is 6.49. The van der Waals surface area contributed by atoms with Gasteiger partial charge in [0.2, 0.25) is 0 Å². The van der Waals surface area contributed by atoms with Gasteiger partial charge in [-0.1, -0.05) is 13.8 Å². The summed E-state index contributed by atoms with van der Waals surface area (Å²) in [6.07, 6.45) is 1.18. The van der Waals surface area contributed by atoms with Gasteiger partial charge in [0.25, 0.3) is 5.91 Å². The van der Waals surface area contributed by atoms with E-state index in [9.17, 15) is 14.5 Å². The molecule has 0 spiro atoms. The molecule has 0 saturated carbocycles. The van der Waals surface area contributed by atoms with Crippen molar-refractivity contribution in [3.05, 3.63) is 51.4 Å². The number of nitrogens with two attached hydrogens (primary N) is 1. The molecule has 1 aliphatic carbocycles. The van der Waals surface area contributed by atoms with Gasteiger partial charge in [-0.05, 0) is 47.3 Å². The molecule has 0 saturated heterocycles. The number of aromatic nitrogens is 1. The van der Waals surface area contributed by atoms with Crippen molar-refractivity contribution >= 4 is 50.3 Å². The van der Waals surface area contributed by atoms with Crippen molar-refractivity contribution in [2.75, 3.05) is 11.1 Å². The van der Waals surface area contributed by atoms with Crippen LogP contribution in [0, 0.1) is 10.3 Å². The van der Waals surface area contributed by atoms with E-state index < -0.39 is 0 Å². The van der Waals surface area contributed by atoms with Crippen LogP contribution in [-0.2, 0) is 6.42 Å². The van der Waals surface area contributed by atoms with Gasteiger partial charge in [-0.15, -0.1) is 16.2 Å². The molecule has 8 heteroatoms. The molecule has 28 heavy (non-hydrogen) atoms. The van der Waals surface area contributed by atoms with Crippen LogP contribution in [0.15, 0.2) is 35.5 Å². The molecule has 3 aromatic rings. The molecular formula is C20H18N4O3S. The van der Waals surface area contributed by atoms with Crippen molar-refractivity contribution in [3.8, 4) is 0 Å². The van der Waals surface area contributed by atoms with Gasteiger partial charge in [0, 0.05) is 23.1 Å². The lowest BCUT2D eigenvalue weighted by molar-refractivity contribution is 0.0910. The Kier molecular flexibility index (Phi) is 4.23. The number of hydrogen-bond donors (Lipinski definition) is 2. The molecule has 142 valence electrons. The Balaban J connectivity index is 1.70. The Bertz CT molecular complexity index is 1130. The number of nitrogen functional groups attached to an aromatic ring is 1. The average Bonchev–Trinajstić information content (AvgIpc) is 2.96. The van der Waals surface area contributed by atoms with Crippen molar-refractivity contribution in [1.82, 2.24) is 4.98 Å². The first-order valence-electron chi connectivity index (χ1n) is 8.77. The number of amides is 1. The van der Waals surface area contributed by atoms with Crippen LogP contribution >= 0.6 is 11.3 Å². The number of hydrogen-bond acceptors (Lipinski definition) is 7. The number of thiophene rings is 1. The zero-order chi connectivity index (χ0) is 20.1. The van der Waals surface area contributed by atoms with Crippen LogP contribution in [-0.4, -0.2) is 16.7 Å². The number of fused-ring (bicyclic) bond motifs is 2. The average molecular weight is 394 g/mol. The molecule has 3 N–H and O–H groups in total. The number of carbonyl (C=O) groups excluding carboxylic acids is 2. The topological polar surface area (TPSA) is 115 Å². The number of ketones is 1. The van der Waals surface area contributed by atoms with E-state index in [0.29, 0.717) is 44.9 Å². The van der Waals surface area contributed by atoms with E-state index in [0.717, 1.165) is 5.69 Å². The number of benzene rings is 1. The number of nitroso groups, excluding NO2 is 1. The lowest BCUT2D eigenvalue weighted by atomic mass is 9.75. The number of rotatable bonds is 3. The van der Waals surface area contributed by atoms with Gasteiger partial charge in [-0.25, -0.2) is 4.98 Å². The van der Waals surface area contributed by atoms with Crippen LogP contribution in [0.25, 0.3) is 10.2 Å². The minimum Gasteiger partial charge on any atom is -0.397 e. The number of anilines is 2. The first kappa shape index (κ1) is 18.2. The third kappa shape index (κ3) is 3.16. The van der Waals surface area contributed by atoms with Gasteiger partial charge in [-0.2, -0.15) is 0 Å². The predicted octanol–water partition coefficient (Wildman–Crippen LogP) is 4.68. The van der Waals surface area contributed by atoms with Gasteiger partial charge in [0.1, 0.15) is 15.4 Å². The SMILES string of the molecule is CC1(C)CC(=O)c2cc3c(N)c(C(=O)Nc4ccc(N=O)cc4)sc3nc2C1. The van der Waals surface area contributed by atoms with Crippen molar-refractivity contribution in [1.29, 1.82) is 0 Å². The molecule has 0 aliphatic heterocycles. The number of Topliss-reactive ketones (excluding diaryl/α,β-unsaturated/α-hetero) is 1. The Morgan fingerprint density at radius 1 is 1.25 bits per heavy atom. The van der Waals surface area contributed by atoms with E-state index in [2.05, 4.69) is 15.5 Å². The summed E-state index contributed by atoms with van der Waals surface area (Å²) in [6.45, 7) is 4.10. The summed E-state index contributed by atoms with van der Waals surface area (Å²) in [5.74, 6) is -0.307. The monoisotopic (exact) mass is 394 g/mol. The lowest BCUT2D eigenvalue weighted by Crippen LogP contribution is -2.27. The molecule has 1 amide bonds. The third-order valence-corrected chi connectivity index (χ3v) is 5.94. The van der Waals surface area contributed by atoms with E-state index >= 15 is 0 Å². The smallest absolute Gasteiger partial charge is 0.267 e. The number of carbonyl (C=O) groups is 2. The second-order valence-corrected chi connectivity index (χ2v) is 8.71. The Morgan fingerprint density at radius 2 is 1.96 bits per heavy atom. The molecule has 1 aliphatic rings. The highest BCUT2D eigenvalue weighted by molar-refractivity contribution is 7.21. The molecule has 7 nitrogen and oxygen atoms in total. The third-order valence-electron chi connectivity index (χ3n) is 4.82. The molecule has 0 unspecified atom stereocenters. The van der Waals surface area contributed by atoms with Gasteiger partial charge in [-0.3, -0.25) is 9.59 Å². The van der Waals surface area contributed by atoms with Crippen molar-refractivity contribution < 1.29 is 9.59 Å². The quantitative estimate of drug-likeness (QED) is 0.626. The summed E-state index contributed by atoms with van der Waals surface area (Å²) in [5, 5.41) is 6.21. The Labute approximate surface area is 164 Å². The van der Waals surface area contributed by atoms with E-state index in [1.54, 1.807) is 18.2 Å². The maximum Gasteiger partial charge on any atom is 0.267 e. The molecule has 2 aromatic heterocycles. The fraction of sp³-hybridized carbons (Fsp3) is 0.250. The summed E-state index contributed by atoms with van der Waals surface area (Å²) in [5.41, 5.74) is 8.57. The first-order valence-corrected chi connectivity index (χ1v) is 9.59. The molecule has 4 rings (SSSR count). The van der Waals surface area contributed by atoms with Crippen LogP contribution in [0.2, 0.25) is 0 Å². The second-order valence-electron chi connectivity index (χ2n) is 7.71. The number of nitrogens with zero attached hydrogens (tertiary/aromatic N) is 2. The standard InChI is InChI=1S/C20H18N4O3S/c1-20(2)8-14-12(15(25)9-20)7-13-16(21)17(28-19(13)23-14)18(26)22-10-3-5-11(24-27)6-4-10/h3-7H,8-9,21H2,1-2H3,(H,22,26). The van der Waals surface area contributed by atoms with Crippen molar-refractivity contribution in [3.63, 3.8) is 0 Å². The predicted molar refractivity (Wildman–Crippen MR) is 110 cm³/mol. The van der Waals surface area contributed by atoms with Gasteiger partial charge in [0.15, 0.2) is 5.78 Å². The van der Waals surface area contributed by atoms with Crippen molar-refractivity contribution in [2.45, 2.75) is 26.7 Å². The highest BCUT2D eigenvalue weighted by Crippen LogP contribution is 2.39. The molecular weight excluding hydrogens is 376 g/mol. The van der Waals surface area contributed by atoms with Crippen LogP contribution < -0.4 is 11.1 Å². The molecule has 1 aromatic carbocycles. The summed E-state index contributed by atoms with van der Waals surface area (Å²) < 4.78 is 0. The minimum absolute atomic E-state index is 0.0566. The maximum atomic E-state index is 12.7. The fourth-order valence-electron chi connectivity index (χ4n) is 3.46. The van der Waals surface area contributed by atoms with Crippen LogP contribution in [0.1, 0.15) is 46.0 Å². The summed E-state index contributed by atoms with van der Waals surface area (Å²) in [4.78, 5) is 41.3. The molecule has 0 bridgehead atoms. The zero-order valence-electron chi connectivity index (χ0n) is 15.4. The summed E-state index contributed by atoms with van der Waals surface area (Å²) in [6, 6.07) is 7.98. The highest BCUT2D eigenvalue weighted by Gasteiger charge is 2.33. The van der Waals surface area contributed by atoms with Crippen LogP contribution in [0.3, 0.4) is 0 Å². The molecule has 0 fully saturated rings. The van der Waals surface area contributed by atoms with E-state index in [4.69, 9.17) is 5.73 Å². The normalized spacial score (nSPS) is 15.3. The largest absolute Gasteiger partial charge is 0.397 e. The number of nitrogens with one attached hydrogen (secondary N) is 1. The van der Waals surface area contributed by atoms with E-state index in [1.165, 1.54) is 23.5 Å². The lowest BCUT2D eigenvalue weighted by Gasteiger charge is -2.29.